The number of carbonyl (C=O) groups is 2. The number of rotatable bonds is 11. The lowest BCUT2D eigenvalue weighted by Crippen LogP contribution is -2.67. The number of hydrogen-bond acceptors (Lipinski definition) is 11. The van der Waals surface area contributed by atoms with Crippen molar-refractivity contribution in [1.82, 2.24) is 19.6 Å². The first-order valence-electron chi connectivity index (χ1n) is 23.9. The number of nitrogens with one attached hydrogen (secondary N) is 3. The number of benzene rings is 3. The minimum atomic E-state index is -4.72. The van der Waals surface area contributed by atoms with Gasteiger partial charge in [0.1, 0.15) is 29.6 Å². The van der Waals surface area contributed by atoms with E-state index in [9.17, 15) is 32.5 Å². The molecule has 2 saturated carbocycles. The van der Waals surface area contributed by atoms with Crippen LogP contribution in [0.1, 0.15) is 119 Å². The van der Waals surface area contributed by atoms with Crippen LogP contribution in [0.5, 0.6) is 17.2 Å². The van der Waals surface area contributed by atoms with Crippen LogP contribution in [0, 0.1) is 32.7 Å². The van der Waals surface area contributed by atoms with Gasteiger partial charge in [-0.3, -0.25) is 19.7 Å². The first kappa shape index (κ1) is 45.5. The van der Waals surface area contributed by atoms with Crippen molar-refractivity contribution in [2.45, 2.75) is 114 Å². The molecule has 4 fully saturated rings. The van der Waals surface area contributed by atoms with Crippen molar-refractivity contribution in [1.29, 1.82) is 0 Å². The minimum absolute atomic E-state index is 0.00225. The van der Waals surface area contributed by atoms with E-state index >= 15 is 0 Å². The van der Waals surface area contributed by atoms with E-state index in [1.54, 1.807) is 12.1 Å². The van der Waals surface area contributed by atoms with Crippen molar-refractivity contribution < 1.29 is 36.8 Å². The normalized spacial score (nSPS) is 22.4. The highest BCUT2D eigenvalue weighted by molar-refractivity contribution is 7.90. The Morgan fingerprint density at radius 1 is 1.03 bits per heavy atom. The molecular weight excluding hydrogens is 890 g/mol. The summed E-state index contributed by atoms with van der Waals surface area (Å²) in [7, 11) is -4.72. The molecule has 15 nitrogen and oxygen atoms in total. The minimum Gasteiger partial charge on any atom is -0.489 e. The Morgan fingerprint density at radius 3 is 2.53 bits per heavy atom. The largest absolute Gasteiger partial charge is 0.489 e. The van der Waals surface area contributed by atoms with Crippen LogP contribution in [0.4, 0.5) is 21.5 Å². The maximum absolute atomic E-state index is 14.7. The molecule has 0 unspecified atom stereocenters. The van der Waals surface area contributed by atoms with Gasteiger partial charge in [0, 0.05) is 61.7 Å². The fraction of sp³-hybridized carbons (Fsp3) is 0.471. The zero-order valence-electron chi connectivity index (χ0n) is 38.8. The van der Waals surface area contributed by atoms with Crippen LogP contribution >= 0.6 is 0 Å². The number of pyridine rings is 1. The Hall–Kier alpha value is -6.23. The number of nitro groups is 1. The molecule has 2 amide bonds. The molecule has 1 spiro atoms. The van der Waals surface area contributed by atoms with Crippen molar-refractivity contribution in [2.75, 3.05) is 36.5 Å². The molecule has 10 rings (SSSR count). The summed E-state index contributed by atoms with van der Waals surface area (Å²) in [5.41, 5.74) is 2.90. The van der Waals surface area contributed by atoms with Crippen LogP contribution < -0.4 is 24.4 Å². The second-order valence-corrected chi connectivity index (χ2v) is 22.3. The lowest BCUT2D eigenvalue weighted by atomic mass is 9.69. The average Bonchev–Trinajstić information content (AvgIpc) is 3.96. The van der Waals surface area contributed by atoms with Gasteiger partial charge >= 0.3 is 0 Å². The number of ether oxygens (including phenoxy) is 2. The van der Waals surface area contributed by atoms with Crippen LogP contribution in [-0.2, 0) is 14.8 Å². The number of β-lactam (4-membered cyclic amide) rings is 1. The van der Waals surface area contributed by atoms with Crippen LogP contribution in [0.3, 0.4) is 0 Å². The summed E-state index contributed by atoms with van der Waals surface area (Å²) in [6.45, 7) is 10.9. The molecule has 2 aromatic heterocycles. The van der Waals surface area contributed by atoms with Crippen LogP contribution in [0.25, 0.3) is 11.0 Å². The maximum atomic E-state index is 14.7. The zero-order valence-corrected chi connectivity index (χ0v) is 39.7. The molecule has 17 heteroatoms. The highest BCUT2D eigenvalue weighted by atomic mass is 32.2. The highest BCUT2D eigenvalue weighted by Gasteiger charge is 2.56. The lowest BCUT2D eigenvalue weighted by Gasteiger charge is -2.55. The van der Waals surface area contributed by atoms with Crippen LogP contribution in [-0.4, -0.2) is 78.3 Å². The number of fused-ring (bicyclic) bond motifs is 2. The molecule has 2 saturated heterocycles. The fourth-order valence-electron chi connectivity index (χ4n) is 11.5. The first-order chi connectivity index (χ1) is 32.5. The smallest absolute Gasteiger partial charge is 0.297 e. The van der Waals surface area contributed by atoms with Gasteiger partial charge in [-0.05, 0) is 97.9 Å². The molecule has 5 aliphatic rings. The second kappa shape index (κ2) is 17.4. The summed E-state index contributed by atoms with van der Waals surface area (Å²) >= 11 is 0. The van der Waals surface area contributed by atoms with Crippen molar-refractivity contribution in [3.05, 3.63) is 106 Å². The first-order valence-corrected chi connectivity index (χ1v) is 25.4. The second-order valence-electron chi connectivity index (χ2n) is 20.6. The molecule has 3 aromatic carbocycles. The fourth-order valence-corrected chi connectivity index (χ4v) is 12.5. The van der Waals surface area contributed by atoms with E-state index in [1.165, 1.54) is 41.7 Å². The summed E-state index contributed by atoms with van der Waals surface area (Å²) in [5, 5.41) is 15.9. The summed E-state index contributed by atoms with van der Waals surface area (Å²) in [6, 6.07) is 16.9. The van der Waals surface area contributed by atoms with Gasteiger partial charge in [0.25, 0.3) is 21.6 Å². The number of amides is 2. The van der Waals surface area contributed by atoms with E-state index in [4.69, 9.17) is 9.47 Å². The van der Waals surface area contributed by atoms with Gasteiger partial charge in [-0.1, -0.05) is 58.4 Å². The molecule has 3 aliphatic heterocycles. The predicted molar refractivity (Wildman–Crippen MR) is 255 cm³/mol. The van der Waals surface area contributed by atoms with Crippen molar-refractivity contribution in [3.63, 3.8) is 0 Å². The number of anilines is 2. The Kier molecular flexibility index (Phi) is 11.6. The molecule has 0 bridgehead atoms. The third-order valence-corrected chi connectivity index (χ3v) is 16.9. The summed E-state index contributed by atoms with van der Waals surface area (Å²) in [6.07, 6.45) is 10.9. The number of H-pyrrole nitrogens is 1. The van der Waals surface area contributed by atoms with E-state index in [1.807, 2.05) is 0 Å². The third kappa shape index (κ3) is 8.40. The molecule has 358 valence electrons. The third-order valence-electron chi connectivity index (χ3n) is 15.6. The van der Waals surface area contributed by atoms with Crippen molar-refractivity contribution in [3.8, 4) is 17.2 Å². The van der Waals surface area contributed by atoms with E-state index in [2.05, 4.69) is 81.8 Å². The quantitative estimate of drug-likeness (QED) is 0.0649. The Morgan fingerprint density at radius 2 is 1.79 bits per heavy atom. The Balaban J connectivity index is 0.873. The molecule has 5 heterocycles. The number of aromatic amines is 1. The number of aromatic nitrogens is 2. The molecule has 3 N–H and O–H groups in total. The van der Waals surface area contributed by atoms with Crippen molar-refractivity contribution in [2.24, 2.45) is 16.7 Å². The van der Waals surface area contributed by atoms with Gasteiger partial charge in [0.2, 0.25) is 5.91 Å². The van der Waals surface area contributed by atoms with E-state index in [0.29, 0.717) is 50.0 Å². The SMILES string of the molecule is CC(C)c1ccccc1[C@@H]1CCC[C@@H]1N1CC2(CCN(c3ccc(C(=O)NS(=O)(=O)c4cc5c(c([N+](=O)[O-])c4)N[C@@H](C4CCC(C)(C)CC4)CO5)c(Oc4cnc5[nH]cc(F)c5c4)c3)CC2)C1=O. The van der Waals surface area contributed by atoms with Gasteiger partial charge < -0.3 is 29.6 Å². The lowest BCUT2D eigenvalue weighted by molar-refractivity contribution is -0.384. The van der Waals surface area contributed by atoms with Gasteiger partial charge in [-0.15, -0.1) is 0 Å². The summed E-state index contributed by atoms with van der Waals surface area (Å²) in [5.74, 6) is -0.395. The number of nitrogens with zero attached hydrogens (tertiary/aromatic N) is 4. The summed E-state index contributed by atoms with van der Waals surface area (Å²) in [4.78, 5) is 50.8. The van der Waals surface area contributed by atoms with Crippen LogP contribution in [0.2, 0.25) is 0 Å². The highest BCUT2D eigenvalue weighted by Crippen LogP contribution is 2.50. The summed E-state index contributed by atoms with van der Waals surface area (Å²) < 4.78 is 57.0. The number of sulfonamides is 1. The van der Waals surface area contributed by atoms with Gasteiger partial charge in [0.05, 0.1) is 38.4 Å². The zero-order chi connectivity index (χ0) is 47.7. The van der Waals surface area contributed by atoms with Gasteiger partial charge in [0.15, 0.2) is 11.4 Å². The molecular formula is C51H58FN7O8S. The van der Waals surface area contributed by atoms with E-state index < -0.39 is 42.7 Å². The average molecular weight is 948 g/mol. The topological polar surface area (TPSA) is 189 Å². The van der Waals surface area contributed by atoms with E-state index in [0.717, 1.165) is 51.0 Å². The Bertz CT molecular complexity index is 2920. The molecule has 3 atom stereocenters. The van der Waals surface area contributed by atoms with Gasteiger partial charge in [-0.2, -0.15) is 0 Å². The molecule has 0 radical (unpaired) electrons. The van der Waals surface area contributed by atoms with E-state index in [-0.39, 0.29) is 75.5 Å². The number of likely N-dealkylation sites (tertiary alicyclic amines) is 1. The number of halogens is 1. The Labute approximate surface area is 395 Å². The monoisotopic (exact) mass is 947 g/mol. The standard InChI is InChI=1S/C51H58FN7O8S/c1-30(2)35-8-5-6-9-36(35)37-10-7-11-42(37)58-29-51(49(58)61)18-20-57(21-19-51)32-12-13-38(44(22-32)67-33-23-39-40(52)27-54-47(39)53-26-33)48(60)56-68(64,65)34-24-43(59(62)63)46-45(25-34)66-28-41(55-46)31-14-16-50(3,4)17-15-31/h5-6,8-9,12-13,22-27,30-31,37,41-42,55H,7,10-11,14-21,28-29H2,1-4H3,(H,53,54)(H,56,60)/t37-,41+,42-/m0/s1. The number of hydrogen-bond donors (Lipinski definition) is 3. The van der Waals surface area contributed by atoms with Crippen LogP contribution in [0.15, 0.2) is 78.0 Å². The predicted octanol–water partition coefficient (Wildman–Crippen LogP) is 9.80. The molecule has 5 aromatic rings. The number of nitro benzene ring substituents is 1. The molecule has 2 aliphatic carbocycles. The number of piperidine rings is 1. The van der Waals surface area contributed by atoms with Crippen molar-refractivity contribution >= 4 is 49.9 Å². The van der Waals surface area contributed by atoms with Gasteiger partial charge in [-0.25, -0.2) is 22.5 Å². The number of carbonyl (C=O) groups excluding carboxylic acids is 2. The molecule has 68 heavy (non-hydrogen) atoms. The maximum Gasteiger partial charge on any atom is 0.297 e.